The van der Waals surface area contributed by atoms with Gasteiger partial charge >= 0.3 is 5.97 Å². The van der Waals surface area contributed by atoms with E-state index in [1.807, 2.05) is 0 Å². The van der Waals surface area contributed by atoms with Crippen LogP contribution < -0.4 is 5.32 Å². The van der Waals surface area contributed by atoms with Crippen LogP contribution in [0.3, 0.4) is 0 Å². The SMILES string of the molecule is CN(C)S(=O)(=O)c1cc(NC(=O)COC(=O)C2CC2)ccc1Cl. The highest BCUT2D eigenvalue weighted by molar-refractivity contribution is 7.89. The maximum absolute atomic E-state index is 12.1. The molecule has 1 saturated carbocycles. The minimum atomic E-state index is -3.73. The van der Waals surface area contributed by atoms with Crippen LogP contribution in [0.2, 0.25) is 5.02 Å². The smallest absolute Gasteiger partial charge is 0.309 e. The molecule has 0 spiro atoms. The summed E-state index contributed by atoms with van der Waals surface area (Å²) in [6.45, 7) is -0.409. The van der Waals surface area contributed by atoms with Gasteiger partial charge in [0.05, 0.1) is 10.9 Å². The van der Waals surface area contributed by atoms with Gasteiger partial charge in [0.1, 0.15) is 4.90 Å². The average Bonchev–Trinajstić information content (AvgIpc) is 3.31. The molecule has 1 aromatic rings. The number of sulfonamides is 1. The van der Waals surface area contributed by atoms with E-state index in [0.29, 0.717) is 0 Å². The van der Waals surface area contributed by atoms with Gasteiger partial charge in [0.2, 0.25) is 10.0 Å². The van der Waals surface area contributed by atoms with Crippen LogP contribution in [0.5, 0.6) is 0 Å². The minimum Gasteiger partial charge on any atom is -0.455 e. The first-order chi connectivity index (χ1) is 10.7. The average molecular weight is 361 g/mol. The van der Waals surface area contributed by atoms with Crippen molar-refractivity contribution in [1.29, 1.82) is 0 Å². The highest BCUT2D eigenvalue weighted by Crippen LogP contribution is 2.30. The topological polar surface area (TPSA) is 92.8 Å². The number of benzene rings is 1. The number of ether oxygens (including phenoxy) is 1. The van der Waals surface area contributed by atoms with Crippen molar-refractivity contribution < 1.29 is 22.7 Å². The van der Waals surface area contributed by atoms with Crippen LogP contribution in [0.25, 0.3) is 0 Å². The van der Waals surface area contributed by atoms with E-state index in [2.05, 4.69) is 5.32 Å². The summed E-state index contributed by atoms with van der Waals surface area (Å²) in [5, 5.41) is 2.53. The summed E-state index contributed by atoms with van der Waals surface area (Å²) in [5.41, 5.74) is 0.252. The van der Waals surface area contributed by atoms with Crippen LogP contribution in [0.1, 0.15) is 12.8 Å². The molecule has 1 aliphatic carbocycles. The van der Waals surface area contributed by atoms with Crippen LogP contribution >= 0.6 is 11.6 Å². The van der Waals surface area contributed by atoms with Crippen molar-refractivity contribution in [2.24, 2.45) is 5.92 Å². The van der Waals surface area contributed by atoms with Gasteiger partial charge in [0.25, 0.3) is 5.91 Å². The van der Waals surface area contributed by atoms with E-state index >= 15 is 0 Å². The Labute approximate surface area is 139 Å². The van der Waals surface area contributed by atoms with Gasteiger partial charge in [-0.3, -0.25) is 9.59 Å². The zero-order valence-electron chi connectivity index (χ0n) is 12.7. The molecule has 126 valence electrons. The van der Waals surface area contributed by atoms with Gasteiger partial charge in [-0.25, -0.2) is 12.7 Å². The Hall–Kier alpha value is -1.64. The predicted octanol–water partition coefficient (Wildman–Crippen LogP) is 1.48. The van der Waals surface area contributed by atoms with Gasteiger partial charge in [-0.2, -0.15) is 0 Å². The van der Waals surface area contributed by atoms with Crippen molar-refractivity contribution in [3.63, 3.8) is 0 Å². The zero-order chi connectivity index (χ0) is 17.2. The Morgan fingerprint density at radius 2 is 2.00 bits per heavy atom. The van der Waals surface area contributed by atoms with E-state index in [0.717, 1.165) is 17.1 Å². The molecule has 0 aliphatic heterocycles. The van der Waals surface area contributed by atoms with Gasteiger partial charge in [0.15, 0.2) is 6.61 Å². The first-order valence-corrected chi connectivity index (χ1v) is 8.72. The molecular formula is C14H17ClN2O5S. The zero-order valence-corrected chi connectivity index (χ0v) is 14.3. The number of anilines is 1. The molecular weight excluding hydrogens is 344 g/mol. The maximum Gasteiger partial charge on any atom is 0.309 e. The lowest BCUT2D eigenvalue weighted by Crippen LogP contribution is -2.24. The summed E-state index contributed by atoms with van der Waals surface area (Å²) in [7, 11) is -0.963. The molecule has 0 aromatic heterocycles. The highest BCUT2D eigenvalue weighted by Gasteiger charge is 2.31. The molecule has 0 bridgehead atoms. The fraction of sp³-hybridized carbons (Fsp3) is 0.429. The first-order valence-electron chi connectivity index (χ1n) is 6.90. The Bertz CT molecular complexity index is 729. The number of rotatable bonds is 6. The van der Waals surface area contributed by atoms with Gasteiger partial charge in [-0.15, -0.1) is 0 Å². The number of esters is 1. The lowest BCUT2D eigenvalue weighted by molar-refractivity contribution is -0.148. The molecule has 1 aromatic carbocycles. The Balaban J connectivity index is 2.05. The second kappa shape index (κ2) is 6.86. The third-order valence-corrected chi connectivity index (χ3v) is 5.53. The number of nitrogens with zero attached hydrogens (tertiary/aromatic N) is 1. The molecule has 0 heterocycles. The Morgan fingerprint density at radius 1 is 1.35 bits per heavy atom. The van der Waals surface area contributed by atoms with Crippen molar-refractivity contribution >= 4 is 39.2 Å². The van der Waals surface area contributed by atoms with Gasteiger partial charge < -0.3 is 10.1 Å². The summed E-state index contributed by atoms with van der Waals surface area (Å²) in [5.74, 6) is -1.02. The predicted molar refractivity (Wildman–Crippen MR) is 84.6 cm³/mol. The maximum atomic E-state index is 12.1. The summed E-state index contributed by atoms with van der Waals surface area (Å²) >= 11 is 5.92. The number of carbonyl (C=O) groups is 2. The van der Waals surface area contributed by atoms with E-state index in [1.54, 1.807) is 0 Å². The van der Waals surface area contributed by atoms with E-state index in [9.17, 15) is 18.0 Å². The van der Waals surface area contributed by atoms with Crippen molar-refractivity contribution in [1.82, 2.24) is 4.31 Å². The Morgan fingerprint density at radius 3 is 2.57 bits per heavy atom. The van der Waals surface area contributed by atoms with Crippen LogP contribution in [0.15, 0.2) is 23.1 Å². The summed E-state index contributed by atoms with van der Waals surface area (Å²) in [4.78, 5) is 23.0. The first kappa shape index (κ1) is 17.7. The molecule has 0 unspecified atom stereocenters. The number of hydrogen-bond donors (Lipinski definition) is 1. The lowest BCUT2D eigenvalue weighted by Gasteiger charge is -2.14. The van der Waals surface area contributed by atoms with Crippen LogP contribution in [-0.4, -0.2) is 45.3 Å². The number of hydrogen-bond acceptors (Lipinski definition) is 5. The van der Waals surface area contributed by atoms with E-state index in [4.69, 9.17) is 16.3 Å². The molecule has 7 nitrogen and oxygen atoms in total. The fourth-order valence-corrected chi connectivity index (χ4v) is 3.14. The third-order valence-electron chi connectivity index (χ3n) is 3.23. The lowest BCUT2D eigenvalue weighted by atomic mass is 10.3. The number of nitrogens with one attached hydrogen (secondary N) is 1. The normalized spacial score (nSPS) is 14.6. The molecule has 0 atom stereocenters. The number of halogens is 1. The van der Waals surface area contributed by atoms with Crippen LogP contribution in [-0.2, 0) is 24.3 Å². The summed E-state index contributed by atoms with van der Waals surface area (Å²) in [6, 6.07) is 4.11. The van der Waals surface area contributed by atoms with Crippen LogP contribution in [0, 0.1) is 5.92 Å². The van der Waals surface area contributed by atoms with Crippen molar-refractivity contribution in [2.75, 3.05) is 26.0 Å². The second-order valence-electron chi connectivity index (χ2n) is 5.36. The molecule has 0 radical (unpaired) electrons. The molecule has 2 rings (SSSR count). The standard InChI is InChI=1S/C14H17ClN2O5S/c1-17(2)23(20,21)12-7-10(5-6-11(12)15)16-13(18)8-22-14(19)9-3-4-9/h5-7,9H,3-4,8H2,1-2H3,(H,16,18). The van der Waals surface area contributed by atoms with Crippen molar-refractivity contribution in [3.8, 4) is 0 Å². The molecule has 1 N–H and O–H groups in total. The minimum absolute atomic E-state index is 0.0526. The van der Waals surface area contributed by atoms with Gasteiger partial charge in [0, 0.05) is 19.8 Å². The molecule has 0 saturated heterocycles. The van der Waals surface area contributed by atoms with Crippen LogP contribution in [0.4, 0.5) is 5.69 Å². The van der Waals surface area contributed by atoms with E-state index in [-0.39, 0.29) is 27.5 Å². The summed E-state index contributed by atoms with van der Waals surface area (Å²) in [6.07, 6.45) is 1.59. The van der Waals surface area contributed by atoms with Crippen molar-refractivity contribution in [3.05, 3.63) is 23.2 Å². The van der Waals surface area contributed by atoms with Gasteiger partial charge in [-0.05, 0) is 31.0 Å². The number of amides is 1. The third kappa shape index (κ3) is 4.43. The molecule has 23 heavy (non-hydrogen) atoms. The Kier molecular flexibility index (Phi) is 5.28. The molecule has 1 aliphatic rings. The second-order valence-corrected chi connectivity index (χ2v) is 7.89. The largest absolute Gasteiger partial charge is 0.455 e. The van der Waals surface area contributed by atoms with Gasteiger partial charge in [-0.1, -0.05) is 11.6 Å². The molecule has 1 fully saturated rings. The highest BCUT2D eigenvalue weighted by atomic mass is 35.5. The monoisotopic (exact) mass is 360 g/mol. The fourth-order valence-electron chi connectivity index (χ4n) is 1.75. The summed E-state index contributed by atoms with van der Waals surface area (Å²) < 4.78 is 30.2. The number of carbonyl (C=O) groups excluding carboxylic acids is 2. The van der Waals surface area contributed by atoms with E-state index in [1.165, 1.54) is 32.3 Å². The molecule has 1 amide bonds. The van der Waals surface area contributed by atoms with Crippen molar-refractivity contribution in [2.45, 2.75) is 17.7 Å². The quantitative estimate of drug-likeness (QED) is 0.776. The van der Waals surface area contributed by atoms with E-state index < -0.39 is 22.5 Å². The molecule has 9 heteroatoms.